The second-order valence-corrected chi connectivity index (χ2v) is 4.87. The molecule has 0 spiro atoms. The number of likely N-dealkylation sites (N-methyl/N-ethyl adjacent to an activating group) is 2. The van der Waals surface area contributed by atoms with Crippen molar-refractivity contribution < 1.29 is 0 Å². The van der Waals surface area contributed by atoms with Crippen LogP contribution in [0.2, 0.25) is 5.15 Å². The predicted octanol–water partition coefficient (Wildman–Crippen LogP) is 2.09. The molecule has 0 saturated carbocycles. The molecule has 96 valence electrons. The van der Waals surface area contributed by atoms with Gasteiger partial charge in [0.05, 0.1) is 0 Å². The van der Waals surface area contributed by atoms with Gasteiger partial charge in [0, 0.05) is 30.9 Å². The molecule has 0 saturated heterocycles. The summed E-state index contributed by atoms with van der Waals surface area (Å²) in [5, 5.41) is 0.440. The molecule has 0 amide bonds. The lowest BCUT2D eigenvalue weighted by Crippen LogP contribution is -2.40. The summed E-state index contributed by atoms with van der Waals surface area (Å²) >= 11 is 5.93. The summed E-state index contributed by atoms with van der Waals surface area (Å²) in [7, 11) is 4.12. The third-order valence-corrected chi connectivity index (χ3v) is 2.79. The third-order valence-electron chi connectivity index (χ3n) is 2.60. The number of pyridine rings is 1. The molecule has 0 aliphatic rings. The Balaban J connectivity index is 2.92. The average molecular weight is 257 g/mol. The maximum atomic E-state index is 5.93. The van der Waals surface area contributed by atoms with Crippen LogP contribution in [0, 0.1) is 0 Å². The van der Waals surface area contributed by atoms with Crippen molar-refractivity contribution in [1.82, 2.24) is 9.88 Å². The highest BCUT2D eigenvalue weighted by atomic mass is 35.5. The number of nitrogens with zero attached hydrogens (tertiary/aromatic N) is 3. The second kappa shape index (κ2) is 6.07. The summed E-state index contributed by atoms with van der Waals surface area (Å²) in [6.07, 6.45) is 0. The minimum Gasteiger partial charge on any atom is -0.399 e. The van der Waals surface area contributed by atoms with Crippen LogP contribution in [0.25, 0.3) is 0 Å². The molecule has 0 bridgehead atoms. The molecule has 0 aliphatic carbocycles. The Hall–Kier alpha value is -1.00. The highest BCUT2D eigenvalue weighted by Gasteiger charge is 2.15. The summed E-state index contributed by atoms with van der Waals surface area (Å²) in [4.78, 5) is 8.68. The van der Waals surface area contributed by atoms with Crippen LogP contribution in [0.3, 0.4) is 0 Å². The van der Waals surface area contributed by atoms with Crippen molar-refractivity contribution in [2.75, 3.05) is 37.8 Å². The van der Waals surface area contributed by atoms with E-state index in [9.17, 15) is 0 Å². The SMILES string of the molecule is CCN(c1cc(N)cc(Cl)n1)C(C)CN(C)C. The highest BCUT2D eigenvalue weighted by molar-refractivity contribution is 6.29. The van der Waals surface area contributed by atoms with Gasteiger partial charge in [-0.3, -0.25) is 0 Å². The number of nitrogens with two attached hydrogens (primary N) is 1. The molecule has 1 aromatic heterocycles. The number of nitrogen functional groups attached to an aromatic ring is 1. The Morgan fingerprint density at radius 2 is 2.06 bits per heavy atom. The van der Waals surface area contributed by atoms with Gasteiger partial charge >= 0.3 is 0 Å². The summed E-state index contributed by atoms with van der Waals surface area (Å²) < 4.78 is 0. The van der Waals surface area contributed by atoms with Crippen LogP contribution in [0.5, 0.6) is 0 Å². The van der Waals surface area contributed by atoms with Crippen molar-refractivity contribution in [2.45, 2.75) is 19.9 Å². The Labute approximate surface area is 108 Å². The number of hydrogen-bond acceptors (Lipinski definition) is 4. The smallest absolute Gasteiger partial charge is 0.133 e. The molecule has 1 unspecified atom stereocenters. The van der Waals surface area contributed by atoms with E-state index in [1.165, 1.54) is 0 Å². The fraction of sp³-hybridized carbons (Fsp3) is 0.583. The van der Waals surface area contributed by atoms with Gasteiger partial charge < -0.3 is 15.5 Å². The molecule has 2 N–H and O–H groups in total. The standard InChI is InChI=1S/C12H21ClN4/c1-5-17(9(2)8-16(3)4)12-7-10(14)6-11(13)15-12/h6-7,9H,5,8H2,1-4H3,(H2,14,15). The van der Waals surface area contributed by atoms with Crippen LogP contribution in [-0.4, -0.2) is 43.1 Å². The largest absolute Gasteiger partial charge is 0.399 e. The number of anilines is 2. The molecule has 1 rings (SSSR count). The molecule has 4 nitrogen and oxygen atoms in total. The first-order chi connectivity index (χ1) is 7.93. The zero-order valence-corrected chi connectivity index (χ0v) is 11.7. The Bertz CT molecular complexity index is 347. The molecule has 1 heterocycles. The third kappa shape index (κ3) is 4.06. The molecule has 0 fully saturated rings. The lowest BCUT2D eigenvalue weighted by Gasteiger charge is -2.31. The van der Waals surface area contributed by atoms with Gasteiger partial charge in [0.1, 0.15) is 11.0 Å². The van der Waals surface area contributed by atoms with Crippen LogP contribution in [0.15, 0.2) is 12.1 Å². The lowest BCUT2D eigenvalue weighted by atomic mass is 10.2. The van der Waals surface area contributed by atoms with Crippen molar-refractivity contribution >= 4 is 23.1 Å². The Morgan fingerprint density at radius 3 is 2.53 bits per heavy atom. The molecule has 17 heavy (non-hydrogen) atoms. The van der Waals surface area contributed by atoms with Gasteiger partial charge in [0.2, 0.25) is 0 Å². The van der Waals surface area contributed by atoms with Crippen LogP contribution in [-0.2, 0) is 0 Å². The molecular formula is C12H21ClN4. The van der Waals surface area contributed by atoms with Gasteiger partial charge in [-0.25, -0.2) is 4.98 Å². The van der Waals surface area contributed by atoms with Crippen LogP contribution in [0.1, 0.15) is 13.8 Å². The second-order valence-electron chi connectivity index (χ2n) is 4.48. The Morgan fingerprint density at radius 1 is 1.41 bits per heavy atom. The molecule has 1 aromatic rings. The van der Waals surface area contributed by atoms with Crippen molar-refractivity contribution in [2.24, 2.45) is 0 Å². The van der Waals surface area contributed by atoms with E-state index in [0.717, 1.165) is 18.9 Å². The van der Waals surface area contributed by atoms with E-state index >= 15 is 0 Å². The molecule has 1 atom stereocenters. The fourth-order valence-corrected chi connectivity index (χ4v) is 2.19. The topological polar surface area (TPSA) is 45.4 Å². The van der Waals surface area contributed by atoms with E-state index in [4.69, 9.17) is 17.3 Å². The van der Waals surface area contributed by atoms with Gasteiger partial charge in [-0.05, 0) is 34.0 Å². The van der Waals surface area contributed by atoms with Gasteiger partial charge in [-0.2, -0.15) is 0 Å². The highest BCUT2D eigenvalue weighted by Crippen LogP contribution is 2.21. The van der Waals surface area contributed by atoms with Gasteiger partial charge in [0.15, 0.2) is 0 Å². The molecule has 0 aromatic carbocycles. The van der Waals surface area contributed by atoms with Crippen molar-refractivity contribution in [1.29, 1.82) is 0 Å². The summed E-state index contributed by atoms with van der Waals surface area (Å²) in [6.45, 7) is 6.11. The van der Waals surface area contributed by atoms with E-state index in [-0.39, 0.29) is 0 Å². The molecular weight excluding hydrogens is 236 g/mol. The average Bonchev–Trinajstić information content (AvgIpc) is 2.15. The zero-order chi connectivity index (χ0) is 13.0. The van der Waals surface area contributed by atoms with Gasteiger partial charge in [-0.1, -0.05) is 11.6 Å². The first-order valence-electron chi connectivity index (χ1n) is 5.78. The van der Waals surface area contributed by atoms with Gasteiger partial charge in [-0.15, -0.1) is 0 Å². The van der Waals surface area contributed by atoms with E-state index in [1.807, 2.05) is 6.07 Å². The van der Waals surface area contributed by atoms with Crippen molar-refractivity contribution in [3.8, 4) is 0 Å². The summed E-state index contributed by atoms with van der Waals surface area (Å²) in [5.74, 6) is 0.840. The quantitative estimate of drug-likeness (QED) is 0.820. The normalized spacial score (nSPS) is 12.8. The maximum Gasteiger partial charge on any atom is 0.133 e. The summed E-state index contributed by atoms with van der Waals surface area (Å²) in [6, 6.07) is 3.89. The van der Waals surface area contributed by atoms with Crippen LogP contribution < -0.4 is 10.6 Å². The van der Waals surface area contributed by atoms with E-state index in [1.54, 1.807) is 6.07 Å². The van der Waals surface area contributed by atoms with Crippen LogP contribution in [0.4, 0.5) is 11.5 Å². The fourth-order valence-electron chi connectivity index (χ4n) is 1.98. The first-order valence-corrected chi connectivity index (χ1v) is 6.16. The molecule has 0 radical (unpaired) electrons. The van der Waals surface area contributed by atoms with Gasteiger partial charge in [0.25, 0.3) is 0 Å². The van der Waals surface area contributed by atoms with E-state index in [2.05, 4.69) is 42.7 Å². The number of halogens is 1. The minimum absolute atomic E-state index is 0.361. The van der Waals surface area contributed by atoms with E-state index < -0.39 is 0 Å². The number of rotatable bonds is 5. The number of aromatic nitrogens is 1. The summed E-state index contributed by atoms with van der Waals surface area (Å²) in [5.41, 5.74) is 6.44. The number of hydrogen-bond donors (Lipinski definition) is 1. The lowest BCUT2D eigenvalue weighted by molar-refractivity contribution is 0.372. The predicted molar refractivity (Wildman–Crippen MR) is 74.7 cm³/mol. The first kappa shape index (κ1) is 14.1. The molecule has 0 aliphatic heterocycles. The van der Waals surface area contributed by atoms with Crippen LogP contribution >= 0.6 is 11.6 Å². The van der Waals surface area contributed by atoms with E-state index in [0.29, 0.717) is 16.9 Å². The maximum absolute atomic E-state index is 5.93. The zero-order valence-electron chi connectivity index (χ0n) is 10.9. The Kier molecular flexibility index (Phi) is 5.02. The minimum atomic E-state index is 0.361. The van der Waals surface area contributed by atoms with Crippen molar-refractivity contribution in [3.05, 3.63) is 17.3 Å². The van der Waals surface area contributed by atoms with Crippen molar-refractivity contribution in [3.63, 3.8) is 0 Å². The molecule has 5 heteroatoms. The monoisotopic (exact) mass is 256 g/mol.